The Morgan fingerprint density at radius 1 is 1.11 bits per heavy atom. The summed E-state index contributed by atoms with van der Waals surface area (Å²) < 4.78 is 50.9. The van der Waals surface area contributed by atoms with Crippen LogP contribution >= 0.6 is 0 Å². The number of aromatic amines is 1. The molecule has 2 nitrogen and oxygen atoms in total. The molecule has 0 amide bonds. The van der Waals surface area contributed by atoms with Crippen molar-refractivity contribution in [3.05, 3.63) is 58.3 Å². The SMILES string of the molecule is O=c1cc(-c2cccc(C(F)(F)F)c2)c(F)c[nH]1. The maximum Gasteiger partial charge on any atom is 0.416 e. The molecule has 0 aliphatic heterocycles. The smallest absolute Gasteiger partial charge is 0.326 e. The van der Waals surface area contributed by atoms with E-state index >= 15 is 0 Å². The molecule has 0 spiro atoms. The fraction of sp³-hybridized carbons (Fsp3) is 0.0833. The van der Waals surface area contributed by atoms with E-state index in [0.717, 1.165) is 24.4 Å². The molecule has 2 aromatic rings. The van der Waals surface area contributed by atoms with Crippen LogP contribution in [0.3, 0.4) is 0 Å². The summed E-state index contributed by atoms with van der Waals surface area (Å²) in [7, 11) is 0. The van der Waals surface area contributed by atoms with Gasteiger partial charge in [-0.25, -0.2) is 4.39 Å². The second-order valence-corrected chi connectivity index (χ2v) is 3.64. The number of hydrogen-bond acceptors (Lipinski definition) is 1. The Morgan fingerprint density at radius 3 is 2.50 bits per heavy atom. The van der Waals surface area contributed by atoms with E-state index in [1.54, 1.807) is 0 Å². The molecule has 94 valence electrons. The monoisotopic (exact) mass is 257 g/mol. The van der Waals surface area contributed by atoms with E-state index in [1.165, 1.54) is 12.1 Å². The van der Waals surface area contributed by atoms with Crippen LogP contribution in [0.4, 0.5) is 17.6 Å². The normalized spacial score (nSPS) is 11.6. The van der Waals surface area contributed by atoms with Gasteiger partial charge in [-0.1, -0.05) is 12.1 Å². The van der Waals surface area contributed by atoms with Gasteiger partial charge in [0.05, 0.1) is 5.56 Å². The molecule has 0 saturated heterocycles. The molecule has 2 rings (SSSR count). The number of nitrogens with one attached hydrogen (secondary N) is 1. The number of aromatic nitrogens is 1. The number of benzene rings is 1. The summed E-state index contributed by atoms with van der Waals surface area (Å²) in [5.74, 6) is -0.783. The standard InChI is InChI=1S/C12H7F4NO/c13-10-6-17-11(18)5-9(10)7-2-1-3-8(4-7)12(14,15)16/h1-6H,(H,17,18). The third-order valence-corrected chi connectivity index (χ3v) is 2.37. The van der Waals surface area contributed by atoms with Crippen molar-refractivity contribution in [2.45, 2.75) is 6.18 Å². The quantitative estimate of drug-likeness (QED) is 0.782. The summed E-state index contributed by atoms with van der Waals surface area (Å²) in [6, 6.07) is 5.09. The van der Waals surface area contributed by atoms with Crippen LogP contribution < -0.4 is 5.56 Å². The molecule has 6 heteroatoms. The first-order valence-corrected chi connectivity index (χ1v) is 4.94. The lowest BCUT2D eigenvalue weighted by Crippen LogP contribution is -2.07. The molecule has 1 heterocycles. The van der Waals surface area contributed by atoms with Crippen LogP contribution in [0.15, 0.2) is 41.3 Å². The minimum atomic E-state index is -4.51. The molecule has 0 bridgehead atoms. The maximum atomic E-state index is 13.4. The topological polar surface area (TPSA) is 32.9 Å². The third-order valence-electron chi connectivity index (χ3n) is 2.37. The van der Waals surface area contributed by atoms with Crippen molar-refractivity contribution in [3.8, 4) is 11.1 Å². The van der Waals surface area contributed by atoms with Crippen molar-refractivity contribution in [1.29, 1.82) is 0 Å². The van der Waals surface area contributed by atoms with Crippen molar-refractivity contribution >= 4 is 0 Å². The predicted molar refractivity (Wildman–Crippen MR) is 57.5 cm³/mol. The molecule has 1 aromatic carbocycles. The summed E-state index contributed by atoms with van der Waals surface area (Å²) in [6.07, 6.45) is -3.69. The minimum Gasteiger partial charge on any atom is -0.326 e. The van der Waals surface area contributed by atoms with Gasteiger partial charge in [-0.05, 0) is 17.7 Å². The van der Waals surface area contributed by atoms with E-state index in [2.05, 4.69) is 4.98 Å². The fourth-order valence-electron chi connectivity index (χ4n) is 1.54. The van der Waals surface area contributed by atoms with Gasteiger partial charge in [-0.3, -0.25) is 4.79 Å². The first-order chi connectivity index (χ1) is 8.38. The molecule has 1 aromatic heterocycles. The Kier molecular flexibility index (Phi) is 2.94. The first-order valence-electron chi connectivity index (χ1n) is 4.94. The Hall–Kier alpha value is -2.11. The largest absolute Gasteiger partial charge is 0.416 e. The zero-order valence-corrected chi connectivity index (χ0v) is 8.88. The fourth-order valence-corrected chi connectivity index (χ4v) is 1.54. The molecule has 0 atom stereocenters. The number of rotatable bonds is 1. The lowest BCUT2D eigenvalue weighted by Gasteiger charge is -2.09. The molecule has 0 unspecified atom stereocenters. The Bertz CT molecular complexity index is 630. The van der Waals surface area contributed by atoms with Crippen LogP contribution in [-0.4, -0.2) is 4.98 Å². The van der Waals surface area contributed by atoms with Gasteiger partial charge < -0.3 is 4.98 Å². The highest BCUT2D eigenvalue weighted by Gasteiger charge is 2.30. The van der Waals surface area contributed by atoms with Crippen molar-refractivity contribution in [3.63, 3.8) is 0 Å². The van der Waals surface area contributed by atoms with Gasteiger partial charge in [-0.2, -0.15) is 13.2 Å². The molecular weight excluding hydrogens is 250 g/mol. The van der Waals surface area contributed by atoms with E-state index in [9.17, 15) is 22.4 Å². The molecule has 1 N–H and O–H groups in total. The van der Waals surface area contributed by atoms with Crippen LogP contribution in [0.1, 0.15) is 5.56 Å². The molecule has 0 saturated carbocycles. The van der Waals surface area contributed by atoms with Gasteiger partial charge in [0, 0.05) is 17.8 Å². The number of pyridine rings is 1. The third kappa shape index (κ3) is 2.42. The minimum absolute atomic E-state index is 0.00780. The lowest BCUT2D eigenvalue weighted by atomic mass is 10.0. The number of halogens is 4. The first kappa shape index (κ1) is 12.3. The summed E-state index contributed by atoms with van der Waals surface area (Å²) in [5, 5.41) is 0. The average molecular weight is 257 g/mol. The van der Waals surface area contributed by atoms with E-state index in [0.29, 0.717) is 0 Å². The second-order valence-electron chi connectivity index (χ2n) is 3.64. The zero-order chi connectivity index (χ0) is 13.3. The van der Waals surface area contributed by atoms with Crippen LogP contribution in [0.25, 0.3) is 11.1 Å². The summed E-state index contributed by atoms with van der Waals surface area (Å²) >= 11 is 0. The zero-order valence-electron chi connectivity index (χ0n) is 8.88. The molecule has 0 aliphatic carbocycles. The van der Waals surface area contributed by atoms with Gasteiger partial charge >= 0.3 is 6.18 Å². The molecular formula is C12H7F4NO. The predicted octanol–water partition coefficient (Wildman–Crippen LogP) is 3.20. The highest BCUT2D eigenvalue weighted by Crippen LogP contribution is 2.32. The van der Waals surface area contributed by atoms with E-state index in [1.807, 2.05) is 0 Å². The molecule has 0 radical (unpaired) electrons. The highest BCUT2D eigenvalue weighted by molar-refractivity contribution is 5.64. The summed E-state index contributed by atoms with van der Waals surface area (Å²) in [4.78, 5) is 13.2. The second kappa shape index (κ2) is 4.29. The maximum absolute atomic E-state index is 13.4. The van der Waals surface area contributed by atoms with Gasteiger partial charge in [0.2, 0.25) is 5.56 Å². The van der Waals surface area contributed by atoms with E-state index in [4.69, 9.17) is 0 Å². The Morgan fingerprint density at radius 2 is 1.83 bits per heavy atom. The Balaban J connectivity index is 2.58. The molecule has 0 aliphatic rings. The van der Waals surface area contributed by atoms with Crippen LogP contribution in [-0.2, 0) is 6.18 Å². The van der Waals surface area contributed by atoms with Gasteiger partial charge in [-0.15, -0.1) is 0 Å². The van der Waals surface area contributed by atoms with Crippen molar-refractivity contribution in [1.82, 2.24) is 4.98 Å². The number of alkyl halides is 3. The average Bonchev–Trinajstić information content (AvgIpc) is 2.31. The van der Waals surface area contributed by atoms with Gasteiger partial charge in [0.1, 0.15) is 5.82 Å². The van der Waals surface area contributed by atoms with Crippen molar-refractivity contribution in [2.75, 3.05) is 0 Å². The summed E-state index contributed by atoms with van der Waals surface area (Å²) in [5.41, 5.74) is -1.62. The van der Waals surface area contributed by atoms with Gasteiger partial charge in [0.15, 0.2) is 0 Å². The van der Waals surface area contributed by atoms with E-state index < -0.39 is 23.1 Å². The molecule has 18 heavy (non-hydrogen) atoms. The number of H-pyrrole nitrogens is 1. The Labute approximate surface area is 98.9 Å². The van der Waals surface area contributed by atoms with Crippen molar-refractivity contribution in [2.24, 2.45) is 0 Å². The lowest BCUT2D eigenvalue weighted by molar-refractivity contribution is -0.137. The van der Waals surface area contributed by atoms with Gasteiger partial charge in [0.25, 0.3) is 0 Å². The number of hydrogen-bond donors (Lipinski definition) is 1. The molecule has 0 fully saturated rings. The van der Waals surface area contributed by atoms with Crippen LogP contribution in [0.5, 0.6) is 0 Å². The highest BCUT2D eigenvalue weighted by atomic mass is 19.4. The van der Waals surface area contributed by atoms with Crippen LogP contribution in [0.2, 0.25) is 0 Å². The summed E-state index contributed by atoms with van der Waals surface area (Å²) in [6.45, 7) is 0. The van der Waals surface area contributed by atoms with Crippen molar-refractivity contribution < 1.29 is 17.6 Å². The van der Waals surface area contributed by atoms with E-state index in [-0.39, 0.29) is 11.1 Å². The van der Waals surface area contributed by atoms with Crippen LogP contribution in [0, 0.1) is 5.82 Å².